The Morgan fingerprint density at radius 2 is 1.70 bits per heavy atom. The van der Waals surface area contributed by atoms with Crippen molar-refractivity contribution in [3.63, 3.8) is 0 Å². The fourth-order valence-electron chi connectivity index (χ4n) is 2.90. The average Bonchev–Trinajstić information content (AvgIpc) is 2.53. The van der Waals surface area contributed by atoms with Crippen molar-refractivity contribution in [3.8, 4) is 0 Å². The summed E-state index contributed by atoms with van der Waals surface area (Å²) in [7, 11) is -3.37. The van der Waals surface area contributed by atoms with Gasteiger partial charge in [0.05, 0.1) is 31.9 Å². The van der Waals surface area contributed by atoms with E-state index in [1.165, 1.54) is 4.31 Å². The van der Waals surface area contributed by atoms with E-state index in [0.29, 0.717) is 26.2 Å². The summed E-state index contributed by atoms with van der Waals surface area (Å²) >= 11 is 0. The van der Waals surface area contributed by atoms with Gasteiger partial charge in [-0.15, -0.1) is 0 Å². The molecular formula is C18H29N4O4S+. The summed E-state index contributed by atoms with van der Waals surface area (Å²) < 4.78 is 26.6. The first kappa shape index (κ1) is 21.3. The summed E-state index contributed by atoms with van der Waals surface area (Å²) in [5.74, 6) is -0.385. The van der Waals surface area contributed by atoms with Crippen molar-refractivity contribution >= 4 is 22.0 Å². The van der Waals surface area contributed by atoms with E-state index >= 15 is 0 Å². The third-order valence-corrected chi connectivity index (χ3v) is 6.02. The lowest BCUT2D eigenvalue weighted by atomic mass is 10.1. The average molecular weight is 398 g/mol. The first-order valence-electron chi connectivity index (χ1n) is 9.02. The van der Waals surface area contributed by atoms with Crippen LogP contribution in [-0.2, 0) is 20.6 Å². The standard InChI is InChI=1S/C18H28N4O4S/c1-18(2,3)20-17(24)19-16(23)13-21-9-11-22(12-10-21)27(25,26)14-15-7-5-4-6-8-15/h4-8H,9-14H2,1-3H3,(H2,19,20,23,24)/p+1. The fraction of sp³-hybridized carbons (Fsp3) is 0.556. The highest BCUT2D eigenvalue weighted by atomic mass is 32.2. The summed E-state index contributed by atoms with van der Waals surface area (Å²) in [6.45, 7) is 7.43. The molecule has 0 saturated carbocycles. The fourth-order valence-corrected chi connectivity index (χ4v) is 4.44. The minimum atomic E-state index is -3.37. The van der Waals surface area contributed by atoms with E-state index in [2.05, 4.69) is 10.6 Å². The second-order valence-corrected chi connectivity index (χ2v) is 9.79. The molecule has 0 spiro atoms. The van der Waals surface area contributed by atoms with Crippen molar-refractivity contribution in [2.75, 3.05) is 32.7 Å². The van der Waals surface area contributed by atoms with Gasteiger partial charge in [-0.2, -0.15) is 4.31 Å². The van der Waals surface area contributed by atoms with Crippen LogP contribution in [0, 0.1) is 0 Å². The van der Waals surface area contributed by atoms with Crippen LogP contribution in [0.5, 0.6) is 0 Å². The van der Waals surface area contributed by atoms with E-state index in [4.69, 9.17) is 0 Å². The molecule has 1 aliphatic rings. The number of carbonyl (C=O) groups excluding carboxylic acids is 2. The quantitative estimate of drug-likeness (QED) is 0.614. The molecule has 1 aromatic carbocycles. The van der Waals surface area contributed by atoms with Crippen LogP contribution in [0.25, 0.3) is 0 Å². The Bertz CT molecular complexity index is 751. The number of piperazine rings is 1. The van der Waals surface area contributed by atoms with Gasteiger partial charge in [0.15, 0.2) is 6.54 Å². The second-order valence-electron chi connectivity index (χ2n) is 7.82. The second kappa shape index (κ2) is 8.81. The van der Waals surface area contributed by atoms with Gasteiger partial charge >= 0.3 is 6.03 Å². The molecule has 9 heteroatoms. The lowest BCUT2D eigenvalue weighted by Crippen LogP contribution is -3.15. The summed E-state index contributed by atoms with van der Waals surface area (Å²) in [4.78, 5) is 24.7. The van der Waals surface area contributed by atoms with Gasteiger partial charge in [-0.05, 0) is 26.3 Å². The van der Waals surface area contributed by atoms with Crippen LogP contribution in [-0.4, -0.2) is 62.9 Å². The molecule has 0 radical (unpaired) electrons. The Labute approximate surface area is 161 Å². The van der Waals surface area contributed by atoms with Crippen LogP contribution in [0.3, 0.4) is 0 Å². The number of nitrogens with one attached hydrogen (secondary N) is 3. The SMILES string of the molecule is CC(C)(C)NC(=O)NC(=O)C[NH+]1CCN(S(=O)(=O)Cc2ccccc2)CC1. The maximum Gasteiger partial charge on any atom is 0.322 e. The third kappa shape index (κ3) is 7.28. The number of hydrogen-bond acceptors (Lipinski definition) is 4. The number of quaternary nitrogens is 1. The number of urea groups is 1. The first-order chi connectivity index (χ1) is 12.5. The lowest BCUT2D eigenvalue weighted by molar-refractivity contribution is -0.895. The summed E-state index contributed by atoms with van der Waals surface area (Å²) in [6, 6.07) is 8.57. The molecule has 8 nitrogen and oxygen atoms in total. The Morgan fingerprint density at radius 3 is 2.26 bits per heavy atom. The van der Waals surface area contributed by atoms with Gasteiger partial charge in [0, 0.05) is 5.54 Å². The minimum absolute atomic E-state index is 0.0172. The molecule has 1 saturated heterocycles. The van der Waals surface area contributed by atoms with Crippen molar-refractivity contribution in [3.05, 3.63) is 35.9 Å². The van der Waals surface area contributed by atoms with E-state index in [1.807, 2.05) is 39.0 Å². The van der Waals surface area contributed by atoms with Crippen LogP contribution in [0.15, 0.2) is 30.3 Å². The van der Waals surface area contributed by atoms with Crippen molar-refractivity contribution in [2.45, 2.75) is 32.1 Å². The number of amides is 3. The number of rotatable bonds is 5. The van der Waals surface area contributed by atoms with E-state index in [-0.39, 0.29) is 18.2 Å². The van der Waals surface area contributed by atoms with Gasteiger partial charge in [0.1, 0.15) is 0 Å². The maximum absolute atomic E-state index is 12.5. The maximum atomic E-state index is 12.5. The summed E-state index contributed by atoms with van der Waals surface area (Å²) in [6.07, 6.45) is 0. The molecule has 1 aromatic rings. The Hall–Kier alpha value is -1.97. The number of benzene rings is 1. The molecule has 0 aliphatic carbocycles. The molecule has 1 aliphatic heterocycles. The normalized spacial score (nSPS) is 16.7. The Morgan fingerprint density at radius 1 is 1.11 bits per heavy atom. The Balaban J connectivity index is 1.79. The molecule has 0 bridgehead atoms. The number of hydrogen-bond donors (Lipinski definition) is 3. The number of imide groups is 1. The van der Waals surface area contributed by atoms with Crippen LogP contribution in [0.1, 0.15) is 26.3 Å². The zero-order chi connectivity index (χ0) is 20.1. The van der Waals surface area contributed by atoms with E-state index < -0.39 is 21.6 Å². The smallest absolute Gasteiger partial charge is 0.322 e. The molecule has 0 atom stereocenters. The summed E-state index contributed by atoms with van der Waals surface area (Å²) in [5, 5.41) is 4.99. The highest BCUT2D eigenvalue weighted by Crippen LogP contribution is 2.10. The molecule has 3 N–H and O–H groups in total. The van der Waals surface area contributed by atoms with E-state index in [9.17, 15) is 18.0 Å². The highest BCUT2D eigenvalue weighted by Gasteiger charge is 2.30. The van der Waals surface area contributed by atoms with E-state index in [1.54, 1.807) is 12.1 Å². The van der Waals surface area contributed by atoms with Gasteiger partial charge in [-0.3, -0.25) is 10.1 Å². The zero-order valence-electron chi connectivity index (χ0n) is 16.1. The molecule has 0 unspecified atom stereocenters. The molecule has 3 amide bonds. The molecular weight excluding hydrogens is 368 g/mol. The van der Waals surface area contributed by atoms with Gasteiger partial charge in [-0.1, -0.05) is 30.3 Å². The molecule has 0 aromatic heterocycles. The molecule has 1 heterocycles. The third-order valence-electron chi connectivity index (χ3n) is 4.17. The van der Waals surface area contributed by atoms with Gasteiger partial charge in [0.2, 0.25) is 10.0 Å². The predicted octanol–water partition coefficient (Wildman–Crippen LogP) is -0.659. The van der Waals surface area contributed by atoms with Crippen LogP contribution >= 0.6 is 0 Å². The highest BCUT2D eigenvalue weighted by molar-refractivity contribution is 7.88. The topological polar surface area (TPSA) is 100 Å². The van der Waals surface area contributed by atoms with E-state index in [0.717, 1.165) is 10.5 Å². The molecule has 27 heavy (non-hydrogen) atoms. The number of carbonyl (C=O) groups is 2. The van der Waals surface area contributed by atoms with Crippen LogP contribution < -0.4 is 15.5 Å². The molecule has 150 valence electrons. The van der Waals surface area contributed by atoms with Crippen molar-refractivity contribution in [1.29, 1.82) is 0 Å². The number of sulfonamides is 1. The number of nitrogens with zero attached hydrogens (tertiary/aromatic N) is 1. The zero-order valence-corrected chi connectivity index (χ0v) is 16.9. The van der Waals surface area contributed by atoms with Gasteiger partial charge < -0.3 is 10.2 Å². The monoisotopic (exact) mass is 397 g/mol. The lowest BCUT2D eigenvalue weighted by Gasteiger charge is -2.31. The predicted molar refractivity (Wildman–Crippen MR) is 103 cm³/mol. The molecule has 2 rings (SSSR count). The largest absolute Gasteiger partial charge is 0.333 e. The first-order valence-corrected chi connectivity index (χ1v) is 10.6. The van der Waals surface area contributed by atoms with Crippen molar-refractivity contribution in [2.24, 2.45) is 0 Å². The Kier molecular flexibility index (Phi) is 6.96. The van der Waals surface area contributed by atoms with Crippen molar-refractivity contribution in [1.82, 2.24) is 14.9 Å². The summed E-state index contributed by atoms with van der Waals surface area (Å²) in [5.41, 5.74) is 0.340. The van der Waals surface area contributed by atoms with Crippen molar-refractivity contribution < 1.29 is 22.9 Å². The van der Waals surface area contributed by atoms with Gasteiger partial charge in [-0.25, -0.2) is 13.2 Å². The molecule has 1 fully saturated rings. The van der Waals surface area contributed by atoms with Crippen LogP contribution in [0.2, 0.25) is 0 Å². The van der Waals surface area contributed by atoms with Crippen LogP contribution in [0.4, 0.5) is 4.79 Å². The minimum Gasteiger partial charge on any atom is -0.333 e. The van der Waals surface area contributed by atoms with Gasteiger partial charge in [0.25, 0.3) is 5.91 Å².